The minimum absolute atomic E-state index is 0.578. The SMILES string of the molecule is OC1(c2cccc(Cl)c2-c2coc3ccccc23)c2ccccc2-c2ccccc21. The Morgan fingerprint density at radius 3 is 1.97 bits per heavy atom. The second kappa shape index (κ2) is 6.33. The van der Waals surface area contributed by atoms with Crippen molar-refractivity contribution in [3.8, 4) is 22.3 Å². The van der Waals surface area contributed by atoms with Gasteiger partial charge in [0, 0.05) is 38.2 Å². The summed E-state index contributed by atoms with van der Waals surface area (Å²) in [5.74, 6) is 0. The van der Waals surface area contributed by atoms with Crippen LogP contribution in [-0.2, 0) is 5.60 Å². The average molecular weight is 409 g/mol. The lowest BCUT2D eigenvalue weighted by molar-refractivity contribution is 0.131. The van der Waals surface area contributed by atoms with Crippen molar-refractivity contribution in [2.24, 2.45) is 0 Å². The lowest BCUT2D eigenvalue weighted by Crippen LogP contribution is -2.27. The minimum atomic E-state index is -1.31. The zero-order chi connectivity index (χ0) is 20.3. The molecule has 6 rings (SSSR count). The third-order valence-corrected chi connectivity index (χ3v) is 6.39. The minimum Gasteiger partial charge on any atom is -0.464 e. The molecule has 30 heavy (non-hydrogen) atoms. The van der Waals surface area contributed by atoms with E-state index in [0.29, 0.717) is 5.02 Å². The molecule has 0 saturated heterocycles. The first-order chi connectivity index (χ1) is 14.7. The van der Waals surface area contributed by atoms with Crippen LogP contribution in [0.4, 0.5) is 0 Å². The van der Waals surface area contributed by atoms with Crippen molar-refractivity contribution in [1.29, 1.82) is 0 Å². The Morgan fingerprint density at radius 2 is 1.23 bits per heavy atom. The molecular formula is C27H17ClO2. The number of benzene rings is 4. The van der Waals surface area contributed by atoms with Crippen LogP contribution in [-0.4, -0.2) is 5.11 Å². The van der Waals surface area contributed by atoms with Crippen molar-refractivity contribution in [3.05, 3.63) is 119 Å². The number of rotatable bonds is 2. The fourth-order valence-corrected chi connectivity index (χ4v) is 5.05. The second-order valence-corrected chi connectivity index (χ2v) is 8.02. The Balaban J connectivity index is 1.72. The molecule has 5 aromatic rings. The molecule has 0 bridgehead atoms. The van der Waals surface area contributed by atoms with Gasteiger partial charge in [-0.2, -0.15) is 0 Å². The predicted octanol–water partition coefficient (Wildman–Crippen LogP) is 7.02. The molecule has 1 aliphatic rings. The van der Waals surface area contributed by atoms with Crippen LogP contribution in [0.25, 0.3) is 33.2 Å². The van der Waals surface area contributed by atoms with Gasteiger partial charge >= 0.3 is 0 Å². The highest BCUT2D eigenvalue weighted by Gasteiger charge is 2.44. The summed E-state index contributed by atoms with van der Waals surface area (Å²) in [4.78, 5) is 0. The monoisotopic (exact) mass is 408 g/mol. The van der Waals surface area contributed by atoms with E-state index in [4.69, 9.17) is 16.0 Å². The van der Waals surface area contributed by atoms with Crippen molar-refractivity contribution in [2.75, 3.05) is 0 Å². The molecule has 0 radical (unpaired) electrons. The molecule has 1 aliphatic carbocycles. The van der Waals surface area contributed by atoms with E-state index < -0.39 is 5.60 Å². The van der Waals surface area contributed by atoms with Crippen LogP contribution < -0.4 is 0 Å². The van der Waals surface area contributed by atoms with Gasteiger partial charge in [0.05, 0.1) is 6.26 Å². The van der Waals surface area contributed by atoms with E-state index in [1.807, 2.05) is 78.9 Å². The van der Waals surface area contributed by atoms with Gasteiger partial charge in [0.1, 0.15) is 11.2 Å². The molecule has 0 saturated carbocycles. The average Bonchev–Trinajstić information content (AvgIpc) is 3.32. The maximum Gasteiger partial charge on any atom is 0.142 e. The summed E-state index contributed by atoms with van der Waals surface area (Å²) in [6, 6.07) is 29.6. The quantitative estimate of drug-likeness (QED) is 0.340. The summed E-state index contributed by atoms with van der Waals surface area (Å²) < 4.78 is 5.81. The fraction of sp³-hybridized carbons (Fsp3) is 0.0370. The van der Waals surface area contributed by atoms with E-state index in [0.717, 1.165) is 49.9 Å². The molecule has 4 aromatic carbocycles. The number of halogens is 1. The number of aliphatic hydroxyl groups is 1. The van der Waals surface area contributed by atoms with Crippen molar-refractivity contribution in [3.63, 3.8) is 0 Å². The highest BCUT2D eigenvalue weighted by molar-refractivity contribution is 6.34. The van der Waals surface area contributed by atoms with Gasteiger partial charge < -0.3 is 9.52 Å². The molecule has 0 atom stereocenters. The molecule has 0 unspecified atom stereocenters. The molecule has 1 heterocycles. The summed E-state index contributed by atoms with van der Waals surface area (Å²) in [5, 5.41) is 13.9. The van der Waals surface area contributed by atoms with Crippen molar-refractivity contribution in [2.45, 2.75) is 5.60 Å². The molecule has 0 spiro atoms. The molecule has 144 valence electrons. The summed E-state index contributed by atoms with van der Waals surface area (Å²) in [5.41, 5.74) is 5.70. The van der Waals surface area contributed by atoms with Crippen LogP contribution in [0.3, 0.4) is 0 Å². The lowest BCUT2D eigenvalue weighted by atomic mass is 9.80. The molecule has 2 nitrogen and oxygen atoms in total. The van der Waals surface area contributed by atoms with E-state index in [9.17, 15) is 5.11 Å². The van der Waals surface area contributed by atoms with E-state index in [-0.39, 0.29) is 0 Å². The van der Waals surface area contributed by atoms with E-state index in [1.54, 1.807) is 6.26 Å². The molecule has 0 fully saturated rings. The smallest absolute Gasteiger partial charge is 0.142 e. The van der Waals surface area contributed by atoms with Gasteiger partial charge in [0.25, 0.3) is 0 Å². The van der Waals surface area contributed by atoms with Crippen LogP contribution in [0.5, 0.6) is 0 Å². The van der Waals surface area contributed by atoms with Gasteiger partial charge in [0.15, 0.2) is 0 Å². The zero-order valence-electron chi connectivity index (χ0n) is 16.0. The largest absolute Gasteiger partial charge is 0.464 e. The van der Waals surface area contributed by atoms with Gasteiger partial charge in [0.2, 0.25) is 0 Å². The predicted molar refractivity (Wildman–Crippen MR) is 121 cm³/mol. The van der Waals surface area contributed by atoms with Crippen molar-refractivity contribution < 1.29 is 9.52 Å². The first-order valence-corrected chi connectivity index (χ1v) is 10.2. The van der Waals surface area contributed by atoms with Gasteiger partial charge in [-0.3, -0.25) is 0 Å². The topological polar surface area (TPSA) is 33.4 Å². The number of hydrogen-bond acceptors (Lipinski definition) is 2. The number of hydrogen-bond donors (Lipinski definition) is 1. The van der Waals surface area contributed by atoms with Gasteiger partial charge in [-0.1, -0.05) is 90.5 Å². The molecule has 3 heteroatoms. The second-order valence-electron chi connectivity index (χ2n) is 7.61. The van der Waals surface area contributed by atoms with E-state index >= 15 is 0 Å². The molecular weight excluding hydrogens is 392 g/mol. The van der Waals surface area contributed by atoms with Gasteiger partial charge in [-0.15, -0.1) is 0 Å². The van der Waals surface area contributed by atoms with Crippen LogP contribution in [0, 0.1) is 0 Å². The van der Waals surface area contributed by atoms with Crippen LogP contribution in [0.15, 0.2) is 102 Å². The maximum absolute atomic E-state index is 12.4. The summed E-state index contributed by atoms with van der Waals surface area (Å²) in [7, 11) is 0. The Labute approximate surface area is 179 Å². The number of fused-ring (bicyclic) bond motifs is 4. The first-order valence-electron chi connectivity index (χ1n) is 9.87. The first kappa shape index (κ1) is 17.5. The van der Waals surface area contributed by atoms with E-state index in [1.165, 1.54) is 0 Å². The van der Waals surface area contributed by atoms with Crippen LogP contribution in [0.2, 0.25) is 5.02 Å². The lowest BCUT2D eigenvalue weighted by Gasteiger charge is -2.29. The third-order valence-electron chi connectivity index (χ3n) is 6.08. The highest BCUT2D eigenvalue weighted by Crippen LogP contribution is 2.54. The fourth-order valence-electron chi connectivity index (χ4n) is 4.77. The molecule has 1 aromatic heterocycles. The summed E-state index contributed by atoms with van der Waals surface area (Å²) in [6.07, 6.45) is 1.73. The Bertz CT molecular complexity index is 1380. The number of para-hydroxylation sites is 1. The molecule has 0 aliphatic heterocycles. The number of furan rings is 1. The standard InChI is InChI=1S/C27H17ClO2/c28-24-14-7-13-23(26(24)20-16-30-25-15-6-3-10-19(20)25)27(29)21-11-4-1-8-17(21)18-9-2-5-12-22(18)27/h1-16,29H. The molecule has 1 N–H and O–H groups in total. The highest BCUT2D eigenvalue weighted by atomic mass is 35.5. The van der Waals surface area contributed by atoms with Crippen molar-refractivity contribution >= 4 is 22.6 Å². The third kappa shape index (κ3) is 2.23. The van der Waals surface area contributed by atoms with Gasteiger partial charge in [-0.05, 0) is 23.3 Å². The van der Waals surface area contributed by atoms with Crippen LogP contribution >= 0.6 is 11.6 Å². The van der Waals surface area contributed by atoms with E-state index in [2.05, 4.69) is 12.1 Å². The maximum atomic E-state index is 12.4. The van der Waals surface area contributed by atoms with Crippen LogP contribution in [0.1, 0.15) is 16.7 Å². The molecule has 0 amide bonds. The van der Waals surface area contributed by atoms with Crippen molar-refractivity contribution in [1.82, 2.24) is 0 Å². The summed E-state index contributed by atoms with van der Waals surface area (Å²) >= 11 is 6.76. The Hall–Kier alpha value is -3.33. The summed E-state index contributed by atoms with van der Waals surface area (Å²) in [6.45, 7) is 0. The zero-order valence-corrected chi connectivity index (χ0v) is 16.7. The van der Waals surface area contributed by atoms with Gasteiger partial charge in [-0.25, -0.2) is 0 Å². The normalized spacial score (nSPS) is 13.9. The Morgan fingerprint density at radius 1 is 0.633 bits per heavy atom. The Kier molecular flexibility index (Phi) is 3.70.